The van der Waals surface area contributed by atoms with Crippen molar-refractivity contribution in [2.24, 2.45) is 23.7 Å². The van der Waals surface area contributed by atoms with Crippen molar-refractivity contribution in [3.05, 3.63) is 166 Å². The van der Waals surface area contributed by atoms with Crippen LogP contribution >= 0.6 is 0 Å². The van der Waals surface area contributed by atoms with Gasteiger partial charge in [-0.3, -0.25) is 9.59 Å². The Morgan fingerprint density at radius 1 is 0.559 bits per heavy atom. The maximum absolute atomic E-state index is 15.2. The molecule has 4 heterocycles. The van der Waals surface area contributed by atoms with Crippen LogP contribution in [0.5, 0.6) is 11.8 Å². The third-order valence-electron chi connectivity index (χ3n) is 14.3. The number of fused-ring (bicyclic) bond motifs is 2. The predicted octanol–water partition coefficient (Wildman–Crippen LogP) is 11.8. The fourth-order valence-corrected chi connectivity index (χ4v) is 10.2. The molecule has 10 nitrogen and oxygen atoms in total. The normalized spacial score (nSPS) is 19.2. The molecule has 0 spiro atoms. The van der Waals surface area contributed by atoms with Crippen molar-refractivity contribution < 1.29 is 47.5 Å². The molecule has 2 fully saturated rings. The van der Waals surface area contributed by atoms with Crippen molar-refractivity contribution in [2.75, 3.05) is 14.2 Å². The molecular formula is C56H56F2N2O8. The van der Waals surface area contributed by atoms with Gasteiger partial charge in [0.25, 0.3) is 0 Å². The smallest absolute Gasteiger partial charge is 0.306 e. The molecule has 0 saturated heterocycles. The van der Waals surface area contributed by atoms with Gasteiger partial charge in [0.05, 0.1) is 51.5 Å². The van der Waals surface area contributed by atoms with E-state index in [2.05, 4.69) is 22.1 Å². The van der Waals surface area contributed by atoms with Gasteiger partial charge in [-0.15, -0.1) is 0 Å². The first-order valence-electron chi connectivity index (χ1n) is 23.4. The van der Waals surface area contributed by atoms with Crippen molar-refractivity contribution >= 4 is 11.9 Å². The highest BCUT2D eigenvalue weighted by molar-refractivity contribution is 5.72. The number of rotatable bonds is 14. The first-order chi connectivity index (χ1) is 32.9. The van der Waals surface area contributed by atoms with E-state index in [4.69, 9.17) is 18.9 Å². The molecule has 0 amide bonds. The molecule has 0 radical (unpaired) electrons. The summed E-state index contributed by atoms with van der Waals surface area (Å²) in [6.07, 6.45) is 7.91. The number of carboxylic acids is 2. The van der Waals surface area contributed by atoms with Crippen molar-refractivity contribution in [1.82, 2.24) is 9.97 Å². The molecule has 2 aliphatic heterocycles. The van der Waals surface area contributed by atoms with Gasteiger partial charge >= 0.3 is 11.9 Å². The highest BCUT2D eigenvalue weighted by Crippen LogP contribution is 2.49. The highest BCUT2D eigenvalue weighted by Gasteiger charge is 2.40. The molecule has 2 aliphatic carbocycles. The summed E-state index contributed by atoms with van der Waals surface area (Å²) in [6.45, 7) is 4.41. The maximum Gasteiger partial charge on any atom is 0.306 e. The number of benzene rings is 4. The number of ether oxygens (including phenoxy) is 4. The Balaban J connectivity index is 0.000000170. The largest absolute Gasteiger partial charge is 0.481 e. The van der Waals surface area contributed by atoms with E-state index >= 15 is 8.78 Å². The quantitative estimate of drug-likeness (QED) is 0.109. The minimum Gasteiger partial charge on any atom is -0.481 e. The van der Waals surface area contributed by atoms with Gasteiger partial charge < -0.3 is 29.2 Å². The summed E-state index contributed by atoms with van der Waals surface area (Å²) in [4.78, 5) is 31.6. The van der Waals surface area contributed by atoms with E-state index in [1.165, 1.54) is 12.1 Å². The van der Waals surface area contributed by atoms with Crippen LogP contribution in [0.1, 0.15) is 108 Å². The number of pyridine rings is 2. The lowest BCUT2D eigenvalue weighted by molar-refractivity contribution is -0.143. The van der Waals surface area contributed by atoms with Crippen LogP contribution in [0.2, 0.25) is 0 Å². The molecule has 4 aromatic carbocycles. The number of hydrogen-bond donors (Lipinski definition) is 2. The van der Waals surface area contributed by atoms with Crippen LogP contribution in [0.25, 0.3) is 22.3 Å². The first-order valence-corrected chi connectivity index (χ1v) is 23.4. The number of halogens is 2. The lowest BCUT2D eigenvalue weighted by Gasteiger charge is -2.28. The molecule has 352 valence electrons. The molecule has 2 saturated carbocycles. The summed E-state index contributed by atoms with van der Waals surface area (Å²) in [5.41, 5.74) is 10.7. The SMILES string of the molecule is COc1cc(-c2ccc([C@@H]3Cc4cc([C@H](C5CC5)[C@H](C)C(=O)O)ccc4CO3)c(F)c2)ccn1.COc1cc(-c2ccc([C@H]3Cc4cc([C@H](C5CC5)[C@H](C)C(=O)O)ccc4CO3)c(F)c2)ccn1. The van der Waals surface area contributed by atoms with E-state index in [1.54, 1.807) is 64.7 Å². The fraction of sp³-hybridized carbons (Fsp3) is 0.357. The molecule has 2 N–H and O–H groups in total. The van der Waals surface area contributed by atoms with Crippen molar-refractivity contribution in [3.8, 4) is 34.0 Å². The summed E-state index contributed by atoms with van der Waals surface area (Å²) in [5, 5.41) is 19.2. The fourth-order valence-electron chi connectivity index (χ4n) is 10.2. The van der Waals surface area contributed by atoms with E-state index in [0.717, 1.165) is 81.3 Å². The molecule has 10 rings (SSSR count). The van der Waals surface area contributed by atoms with Gasteiger partial charge in [-0.25, -0.2) is 18.7 Å². The van der Waals surface area contributed by atoms with Crippen molar-refractivity contribution in [1.29, 1.82) is 0 Å². The predicted molar refractivity (Wildman–Crippen MR) is 252 cm³/mol. The molecule has 6 aromatic rings. The third-order valence-corrected chi connectivity index (χ3v) is 14.3. The van der Waals surface area contributed by atoms with Gasteiger partial charge in [0, 0.05) is 48.5 Å². The Labute approximate surface area is 395 Å². The average Bonchev–Trinajstić information content (AvgIpc) is 4.31. The van der Waals surface area contributed by atoms with E-state index in [0.29, 0.717) is 60.8 Å². The van der Waals surface area contributed by atoms with Crippen LogP contribution in [-0.2, 0) is 45.1 Å². The molecule has 6 atom stereocenters. The van der Waals surface area contributed by atoms with Gasteiger partial charge in [0.15, 0.2) is 0 Å². The summed E-state index contributed by atoms with van der Waals surface area (Å²) >= 11 is 0. The summed E-state index contributed by atoms with van der Waals surface area (Å²) < 4.78 is 52.8. The standard InChI is InChI=1S/2C28H28FNO4/c2*1-16(28(31)32)27(17-3-4-17)20-5-6-21-15-34-25(13-22(21)11-20)23-8-7-18(12-24(23)29)19-9-10-30-26(14-19)33-2/h2*5-12,14,16-17,25,27H,3-4,13,15H2,1-2H3,(H,31,32)/t16-,25+,27-;16-,25-,27-/m00/s1. The van der Waals surface area contributed by atoms with E-state index in [9.17, 15) is 19.8 Å². The van der Waals surface area contributed by atoms with Crippen LogP contribution in [0, 0.1) is 35.3 Å². The number of hydrogen-bond acceptors (Lipinski definition) is 8. The molecular weight excluding hydrogens is 867 g/mol. The summed E-state index contributed by atoms with van der Waals surface area (Å²) in [7, 11) is 3.10. The monoisotopic (exact) mass is 922 g/mol. The van der Waals surface area contributed by atoms with E-state index in [1.807, 2.05) is 48.5 Å². The number of carboxylic acid groups (broad SMARTS) is 2. The second kappa shape index (κ2) is 20.0. The molecule has 2 aromatic heterocycles. The second-order valence-electron chi connectivity index (χ2n) is 18.7. The van der Waals surface area contributed by atoms with Crippen LogP contribution in [0.3, 0.4) is 0 Å². The number of nitrogens with zero attached hydrogens (tertiary/aromatic N) is 2. The number of methoxy groups -OCH3 is 2. The van der Waals surface area contributed by atoms with Crippen molar-refractivity contribution in [2.45, 2.75) is 89.6 Å². The zero-order valence-corrected chi connectivity index (χ0v) is 38.7. The Bertz CT molecular complexity index is 2640. The third kappa shape index (κ3) is 10.2. The number of aliphatic carboxylic acids is 2. The van der Waals surface area contributed by atoms with Gasteiger partial charge in [0.1, 0.15) is 11.6 Å². The topological polar surface area (TPSA) is 137 Å². The molecule has 12 heteroatoms. The maximum atomic E-state index is 15.2. The van der Waals surface area contributed by atoms with Gasteiger partial charge in [-0.1, -0.05) is 74.5 Å². The van der Waals surface area contributed by atoms with Crippen LogP contribution in [-0.4, -0.2) is 46.3 Å². The Hall–Kier alpha value is -6.50. The Morgan fingerprint density at radius 2 is 0.956 bits per heavy atom. The van der Waals surface area contributed by atoms with E-state index < -0.39 is 23.8 Å². The highest BCUT2D eigenvalue weighted by atomic mass is 19.1. The molecule has 0 bridgehead atoms. The van der Waals surface area contributed by atoms with Crippen LogP contribution in [0.4, 0.5) is 8.78 Å². The molecule has 68 heavy (non-hydrogen) atoms. The number of aromatic nitrogens is 2. The van der Waals surface area contributed by atoms with Gasteiger partial charge in [-0.2, -0.15) is 0 Å². The van der Waals surface area contributed by atoms with Crippen molar-refractivity contribution in [3.63, 3.8) is 0 Å². The van der Waals surface area contributed by atoms with Gasteiger partial charge in [-0.05, 0) is 129 Å². The Morgan fingerprint density at radius 3 is 1.31 bits per heavy atom. The zero-order valence-electron chi connectivity index (χ0n) is 38.7. The van der Waals surface area contributed by atoms with Crippen LogP contribution in [0.15, 0.2) is 109 Å². The minimum absolute atomic E-state index is 0.0115. The van der Waals surface area contributed by atoms with E-state index in [-0.39, 0.29) is 35.7 Å². The zero-order chi connectivity index (χ0) is 47.6. The van der Waals surface area contributed by atoms with Crippen LogP contribution < -0.4 is 9.47 Å². The summed E-state index contributed by atoms with van der Waals surface area (Å²) in [6, 6.07) is 30.0. The minimum atomic E-state index is -0.759. The summed E-state index contributed by atoms with van der Waals surface area (Å²) in [5.74, 6) is -1.17. The Kier molecular flexibility index (Phi) is 13.7. The lowest BCUT2D eigenvalue weighted by Crippen LogP contribution is -2.22. The lowest BCUT2D eigenvalue weighted by atomic mass is 9.81. The first kappa shape index (κ1) is 46.6. The average molecular weight is 923 g/mol. The molecule has 0 unspecified atom stereocenters. The second-order valence-corrected chi connectivity index (χ2v) is 18.7. The molecule has 4 aliphatic rings. The number of carbonyl (C=O) groups is 2. The van der Waals surface area contributed by atoms with Gasteiger partial charge in [0.2, 0.25) is 11.8 Å².